The van der Waals surface area contributed by atoms with Gasteiger partial charge >= 0.3 is 0 Å². The van der Waals surface area contributed by atoms with Crippen molar-refractivity contribution in [2.45, 2.75) is 26.0 Å². The summed E-state index contributed by atoms with van der Waals surface area (Å²) >= 11 is 4.97. The number of thiocarbonyl (C=S) groups is 1. The molecular weight excluding hydrogens is 288 g/mol. The van der Waals surface area contributed by atoms with Gasteiger partial charge in [-0.15, -0.1) is 0 Å². The van der Waals surface area contributed by atoms with Crippen LogP contribution < -0.4 is 10.5 Å². The van der Waals surface area contributed by atoms with Crippen LogP contribution in [0.4, 0.5) is 0 Å². The van der Waals surface area contributed by atoms with E-state index in [1.54, 1.807) is 12.1 Å². The fourth-order valence-electron chi connectivity index (χ4n) is 1.99. The van der Waals surface area contributed by atoms with Gasteiger partial charge in [-0.3, -0.25) is 4.90 Å². The predicted octanol–water partition coefficient (Wildman–Crippen LogP) is 0.763. The standard InChI is InChI=1S/C15H24N2O3S/c1-11(2)17(7-8-18)9-12(19)10-20-14-6-4-3-5-13(14)15(16)21/h3-6,11-12,18-19H,7-10H2,1-2H3,(H2,16,21). The number of nitrogens with two attached hydrogens (primary N) is 1. The van der Waals surface area contributed by atoms with Gasteiger partial charge in [0, 0.05) is 19.1 Å². The summed E-state index contributed by atoms with van der Waals surface area (Å²) in [4.78, 5) is 2.26. The van der Waals surface area contributed by atoms with Crippen LogP contribution >= 0.6 is 12.2 Å². The SMILES string of the molecule is CC(C)N(CCO)CC(O)COc1ccccc1C(N)=S. The Morgan fingerprint density at radius 3 is 2.62 bits per heavy atom. The molecule has 0 aromatic heterocycles. The average Bonchev–Trinajstić information content (AvgIpc) is 2.44. The maximum Gasteiger partial charge on any atom is 0.129 e. The number of aliphatic hydroxyl groups excluding tert-OH is 2. The number of aliphatic hydroxyl groups is 2. The van der Waals surface area contributed by atoms with Crippen LogP contribution in [0.15, 0.2) is 24.3 Å². The maximum absolute atomic E-state index is 10.1. The summed E-state index contributed by atoms with van der Waals surface area (Å²) in [6, 6.07) is 7.47. The molecule has 1 aromatic carbocycles. The minimum atomic E-state index is -0.654. The van der Waals surface area contributed by atoms with Gasteiger partial charge in [0.15, 0.2) is 0 Å². The Kier molecular flexibility index (Phi) is 7.60. The van der Waals surface area contributed by atoms with Gasteiger partial charge in [-0.1, -0.05) is 24.4 Å². The third-order valence-electron chi connectivity index (χ3n) is 3.15. The van der Waals surface area contributed by atoms with Crippen molar-refractivity contribution in [3.8, 4) is 5.75 Å². The van der Waals surface area contributed by atoms with Crippen molar-refractivity contribution < 1.29 is 14.9 Å². The first kappa shape index (κ1) is 17.8. The van der Waals surface area contributed by atoms with Gasteiger partial charge < -0.3 is 20.7 Å². The molecule has 0 spiro atoms. The summed E-state index contributed by atoms with van der Waals surface area (Å²) in [5, 5.41) is 19.1. The van der Waals surface area contributed by atoms with Crippen molar-refractivity contribution in [1.82, 2.24) is 4.90 Å². The van der Waals surface area contributed by atoms with E-state index >= 15 is 0 Å². The minimum Gasteiger partial charge on any atom is -0.490 e. The highest BCUT2D eigenvalue weighted by molar-refractivity contribution is 7.80. The maximum atomic E-state index is 10.1. The molecule has 0 fully saturated rings. The zero-order chi connectivity index (χ0) is 15.8. The third kappa shape index (κ3) is 5.97. The molecule has 5 nitrogen and oxygen atoms in total. The molecule has 0 bridgehead atoms. The summed E-state index contributed by atoms with van der Waals surface area (Å²) in [6.07, 6.45) is -0.654. The van der Waals surface area contributed by atoms with Gasteiger partial charge in [-0.2, -0.15) is 0 Å². The first-order chi connectivity index (χ1) is 9.95. The van der Waals surface area contributed by atoms with Gasteiger partial charge in [-0.05, 0) is 26.0 Å². The topological polar surface area (TPSA) is 79.0 Å². The quantitative estimate of drug-likeness (QED) is 0.584. The Morgan fingerprint density at radius 1 is 1.38 bits per heavy atom. The molecule has 0 heterocycles. The molecule has 0 amide bonds. The summed E-state index contributed by atoms with van der Waals surface area (Å²) in [5.74, 6) is 0.572. The van der Waals surface area contributed by atoms with E-state index in [1.165, 1.54) is 0 Å². The molecular formula is C15H24N2O3S. The fourth-order valence-corrected chi connectivity index (χ4v) is 2.16. The lowest BCUT2D eigenvalue weighted by Crippen LogP contribution is -2.41. The van der Waals surface area contributed by atoms with Crippen molar-refractivity contribution in [1.29, 1.82) is 0 Å². The van der Waals surface area contributed by atoms with Crippen LogP contribution in [0.2, 0.25) is 0 Å². The molecule has 118 valence electrons. The van der Waals surface area contributed by atoms with Crippen LogP contribution in [0.5, 0.6) is 5.75 Å². The number of para-hydroxylation sites is 1. The van der Waals surface area contributed by atoms with Crippen molar-refractivity contribution in [2.24, 2.45) is 5.73 Å². The summed E-state index contributed by atoms with van der Waals surface area (Å²) in [5.41, 5.74) is 6.30. The summed E-state index contributed by atoms with van der Waals surface area (Å²) in [7, 11) is 0. The molecule has 0 aliphatic carbocycles. The van der Waals surface area contributed by atoms with Crippen LogP contribution in [0, 0.1) is 0 Å². The lowest BCUT2D eigenvalue weighted by molar-refractivity contribution is 0.0502. The highest BCUT2D eigenvalue weighted by atomic mass is 32.1. The molecule has 21 heavy (non-hydrogen) atoms. The molecule has 0 aliphatic rings. The second-order valence-electron chi connectivity index (χ2n) is 5.14. The Balaban J connectivity index is 2.56. The number of hydrogen-bond acceptors (Lipinski definition) is 5. The fraction of sp³-hybridized carbons (Fsp3) is 0.533. The molecule has 0 radical (unpaired) electrons. The zero-order valence-corrected chi connectivity index (χ0v) is 13.3. The minimum absolute atomic E-state index is 0.0655. The first-order valence-electron chi connectivity index (χ1n) is 7.00. The molecule has 0 saturated carbocycles. The lowest BCUT2D eigenvalue weighted by Gasteiger charge is -2.28. The normalized spacial score (nSPS) is 12.7. The highest BCUT2D eigenvalue weighted by Crippen LogP contribution is 2.18. The molecule has 1 atom stereocenters. The zero-order valence-electron chi connectivity index (χ0n) is 12.5. The second kappa shape index (κ2) is 8.94. The van der Waals surface area contributed by atoms with Crippen LogP contribution in [0.25, 0.3) is 0 Å². The number of nitrogens with zero attached hydrogens (tertiary/aromatic N) is 1. The van der Waals surface area contributed by atoms with Crippen molar-refractivity contribution in [3.63, 3.8) is 0 Å². The third-order valence-corrected chi connectivity index (χ3v) is 3.37. The average molecular weight is 312 g/mol. The van der Waals surface area contributed by atoms with Crippen molar-refractivity contribution in [3.05, 3.63) is 29.8 Å². The van der Waals surface area contributed by atoms with Gasteiger partial charge in [0.05, 0.1) is 12.2 Å². The smallest absolute Gasteiger partial charge is 0.129 e. The Bertz CT molecular complexity index is 454. The van der Waals surface area contributed by atoms with E-state index in [4.69, 9.17) is 27.8 Å². The monoisotopic (exact) mass is 312 g/mol. The molecule has 1 rings (SSSR count). The molecule has 1 unspecified atom stereocenters. The Morgan fingerprint density at radius 2 is 2.05 bits per heavy atom. The lowest BCUT2D eigenvalue weighted by atomic mass is 10.2. The van der Waals surface area contributed by atoms with Gasteiger partial charge in [0.2, 0.25) is 0 Å². The van der Waals surface area contributed by atoms with E-state index in [1.807, 2.05) is 30.9 Å². The first-order valence-corrected chi connectivity index (χ1v) is 7.41. The highest BCUT2D eigenvalue weighted by Gasteiger charge is 2.15. The van der Waals surface area contributed by atoms with Crippen LogP contribution in [0.3, 0.4) is 0 Å². The number of ether oxygens (including phenoxy) is 1. The molecule has 0 aliphatic heterocycles. The molecule has 6 heteroatoms. The van der Waals surface area contributed by atoms with E-state index in [9.17, 15) is 5.11 Å². The van der Waals surface area contributed by atoms with Crippen LogP contribution in [-0.4, -0.2) is 58.6 Å². The van der Waals surface area contributed by atoms with Crippen molar-refractivity contribution in [2.75, 3.05) is 26.3 Å². The van der Waals surface area contributed by atoms with E-state index in [0.717, 1.165) is 0 Å². The van der Waals surface area contributed by atoms with Gasteiger partial charge in [0.1, 0.15) is 23.4 Å². The van der Waals surface area contributed by atoms with E-state index in [0.29, 0.717) is 24.4 Å². The number of rotatable bonds is 9. The number of hydrogen-bond donors (Lipinski definition) is 3. The van der Waals surface area contributed by atoms with Crippen molar-refractivity contribution >= 4 is 17.2 Å². The summed E-state index contributed by atoms with van der Waals surface area (Å²) < 4.78 is 5.61. The largest absolute Gasteiger partial charge is 0.490 e. The Hall–Kier alpha value is -1.21. The Labute approximate surface area is 131 Å². The van der Waals surface area contributed by atoms with Crippen LogP contribution in [0.1, 0.15) is 19.4 Å². The number of benzene rings is 1. The molecule has 0 saturated heterocycles. The predicted molar refractivity (Wildman–Crippen MR) is 87.6 cm³/mol. The molecule has 1 aromatic rings. The van der Waals surface area contributed by atoms with Crippen LogP contribution in [-0.2, 0) is 0 Å². The van der Waals surface area contributed by atoms with E-state index < -0.39 is 6.10 Å². The summed E-state index contributed by atoms with van der Waals surface area (Å²) in [6.45, 7) is 5.22. The van der Waals surface area contributed by atoms with E-state index in [2.05, 4.69) is 0 Å². The second-order valence-corrected chi connectivity index (χ2v) is 5.58. The van der Waals surface area contributed by atoms with E-state index in [-0.39, 0.29) is 24.2 Å². The molecule has 4 N–H and O–H groups in total. The van der Waals surface area contributed by atoms with Gasteiger partial charge in [0.25, 0.3) is 0 Å². The van der Waals surface area contributed by atoms with Gasteiger partial charge in [-0.25, -0.2) is 0 Å².